The Bertz CT molecular complexity index is 348. The fourth-order valence-electron chi connectivity index (χ4n) is 2.18. The summed E-state index contributed by atoms with van der Waals surface area (Å²) in [5.41, 5.74) is 0.617. The van der Waals surface area contributed by atoms with Gasteiger partial charge in [-0.2, -0.15) is 0 Å². The number of amides is 1. The molecule has 0 heterocycles. The zero-order chi connectivity index (χ0) is 17.4. The molecule has 0 aromatic carbocycles. The van der Waals surface area contributed by atoms with E-state index in [1.54, 1.807) is 21.1 Å². The normalized spacial score (nSPS) is 12.3. The van der Waals surface area contributed by atoms with Gasteiger partial charge in [0.1, 0.15) is 0 Å². The molecule has 0 N–H and O–H groups in total. The van der Waals surface area contributed by atoms with E-state index in [0.29, 0.717) is 5.57 Å². The summed E-state index contributed by atoms with van der Waals surface area (Å²) in [7, 11) is 0.491. The highest BCUT2D eigenvalue weighted by Gasteiger charge is 2.23. The van der Waals surface area contributed by atoms with Crippen molar-refractivity contribution in [1.82, 2.24) is 4.90 Å². The number of rotatable bonds is 11. The Balaban J connectivity index is 4.46. The molecule has 0 bridgehead atoms. The first-order chi connectivity index (χ1) is 10.0. The van der Waals surface area contributed by atoms with Crippen LogP contribution in [0.5, 0.6) is 0 Å². The molecular weight excluding hydrogens is 310 g/mol. The zero-order valence-corrected chi connectivity index (χ0v) is 17.6. The maximum absolute atomic E-state index is 12.3. The van der Waals surface area contributed by atoms with Crippen molar-refractivity contribution in [2.45, 2.75) is 58.0 Å². The van der Waals surface area contributed by atoms with Gasteiger partial charge < -0.3 is 13.8 Å². The second kappa shape index (κ2) is 9.65. The molecule has 0 atom stereocenters. The quantitative estimate of drug-likeness (QED) is 0.421. The lowest BCUT2D eigenvalue weighted by molar-refractivity contribution is -0.127. The number of hydrogen-bond acceptors (Lipinski definition) is 3. The molecule has 4 nitrogen and oxygen atoms in total. The molecule has 0 aliphatic carbocycles. The van der Waals surface area contributed by atoms with Crippen LogP contribution in [0.1, 0.15) is 19.8 Å². The fourth-order valence-corrected chi connectivity index (χ4v) is 4.61. The molecule has 0 aliphatic heterocycles. The minimum atomic E-state index is -1.55. The maximum Gasteiger partial charge on any atom is 0.248 e. The molecule has 0 unspecified atom stereocenters. The molecule has 0 aromatic rings. The van der Waals surface area contributed by atoms with Crippen molar-refractivity contribution >= 4 is 22.5 Å². The van der Waals surface area contributed by atoms with E-state index < -0.39 is 16.6 Å². The van der Waals surface area contributed by atoms with Gasteiger partial charge in [-0.1, -0.05) is 6.58 Å². The second-order valence-corrected chi connectivity index (χ2v) is 16.1. The van der Waals surface area contributed by atoms with Crippen LogP contribution in [0.4, 0.5) is 0 Å². The molecular formula is C16H35NO3Si2. The molecule has 1 amide bonds. The molecule has 6 heteroatoms. The van der Waals surface area contributed by atoms with Crippen molar-refractivity contribution in [3.05, 3.63) is 12.2 Å². The van der Waals surface area contributed by atoms with Gasteiger partial charge in [0.05, 0.1) is 0 Å². The van der Waals surface area contributed by atoms with E-state index in [1.807, 2.05) is 4.90 Å². The Hall–Kier alpha value is -0.436. The highest BCUT2D eigenvalue weighted by molar-refractivity contribution is 6.71. The first-order valence-electron chi connectivity index (χ1n) is 8.10. The summed E-state index contributed by atoms with van der Waals surface area (Å²) in [5, 5.41) is 0. The zero-order valence-electron chi connectivity index (χ0n) is 15.6. The summed E-state index contributed by atoms with van der Waals surface area (Å²) in [6.07, 6.45) is 1.99. The SMILES string of the molecule is C=C(C)C(=O)N(CCC[Si](C)(C)OC)CCC[Si](C)(C)OC. The number of carbonyl (C=O) groups excluding carboxylic acids is 1. The van der Waals surface area contributed by atoms with Crippen LogP contribution in [0.3, 0.4) is 0 Å². The lowest BCUT2D eigenvalue weighted by atomic mass is 10.2. The van der Waals surface area contributed by atoms with Crippen LogP contribution in [0, 0.1) is 0 Å². The van der Waals surface area contributed by atoms with Gasteiger partial charge in [0.2, 0.25) is 5.91 Å². The van der Waals surface area contributed by atoms with Crippen molar-refractivity contribution in [2.24, 2.45) is 0 Å². The minimum Gasteiger partial charge on any atom is -0.420 e. The van der Waals surface area contributed by atoms with E-state index in [0.717, 1.165) is 38.0 Å². The largest absolute Gasteiger partial charge is 0.420 e. The van der Waals surface area contributed by atoms with Crippen LogP contribution in [0.15, 0.2) is 12.2 Å². The molecule has 0 fully saturated rings. The highest BCUT2D eigenvalue weighted by Crippen LogP contribution is 2.16. The Kier molecular flexibility index (Phi) is 9.46. The summed E-state index contributed by atoms with van der Waals surface area (Å²) in [6, 6.07) is 2.14. The Morgan fingerprint density at radius 2 is 1.32 bits per heavy atom. The van der Waals surface area contributed by atoms with Gasteiger partial charge >= 0.3 is 0 Å². The van der Waals surface area contributed by atoms with Crippen molar-refractivity contribution in [2.75, 3.05) is 27.3 Å². The Morgan fingerprint density at radius 3 is 1.59 bits per heavy atom. The van der Waals surface area contributed by atoms with Crippen LogP contribution < -0.4 is 0 Å². The van der Waals surface area contributed by atoms with Gasteiger partial charge in [-0.15, -0.1) is 0 Å². The number of hydrogen-bond donors (Lipinski definition) is 0. The third-order valence-corrected chi connectivity index (χ3v) is 9.50. The molecule has 130 valence electrons. The van der Waals surface area contributed by atoms with Gasteiger partial charge in [0.15, 0.2) is 16.6 Å². The van der Waals surface area contributed by atoms with E-state index in [9.17, 15) is 4.79 Å². The monoisotopic (exact) mass is 345 g/mol. The van der Waals surface area contributed by atoms with Gasteiger partial charge in [-0.3, -0.25) is 4.79 Å². The predicted molar refractivity (Wildman–Crippen MR) is 99.2 cm³/mol. The van der Waals surface area contributed by atoms with Gasteiger partial charge in [-0.25, -0.2) is 0 Å². The average Bonchev–Trinajstić information content (AvgIpc) is 2.44. The minimum absolute atomic E-state index is 0.0776. The molecule has 0 radical (unpaired) electrons. The third kappa shape index (κ3) is 8.87. The first kappa shape index (κ1) is 21.6. The molecule has 0 aromatic heterocycles. The molecule has 0 rings (SSSR count). The van der Waals surface area contributed by atoms with Crippen LogP contribution in [0.25, 0.3) is 0 Å². The number of carbonyl (C=O) groups is 1. The number of nitrogens with zero attached hydrogens (tertiary/aromatic N) is 1. The van der Waals surface area contributed by atoms with Crippen LogP contribution >= 0.6 is 0 Å². The summed E-state index contributed by atoms with van der Waals surface area (Å²) in [4.78, 5) is 14.2. The Labute approximate surface area is 139 Å². The second-order valence-electron chi connectivity index (χ2n) is 7.21. The van der Waals surface area contributed by atoms with Crippen molar-refractivity contribution in [3.8, 4) is 0 Å². The van der Waals surface area contributed by atoms with Crippen molar-refractivity contribution in [3.63, 3.8) is 0 Å². The van der Waals surface area contributed by atoms with Crippen molar-refractivity contribution < 1.29 is 13.6 Å². The fraction of sp³-hybridized carbons (Fsp3) is 0.812. The molecule has 0 saturated carbocycles. The summed E-state index contributed by atoms with van der Waals surface area (Å²) in [6.45, 7) is 16.0. The molecule has 22 heavy (non-hydrogen) atoms. The summed E-state index contributed by atoms with van der Waals surface area (Å²) >= 11 is 0. The molecule has 0 saturated heterocycles. The van der Waals surface area contributed by atoms with Crippen molar-refractivity contribution in [1.29, 1.82) is 0 Å². The smallest absolute Gasteiger partial charge is 0.248 e. The average molecular weight is 346 g/mol. The first-order valence-corrected chi connectivity index (χ1v) is 14.3. The van der Waals surface area contributed by atoms with Gasteiger partial charge in [0.25, 0.3) is 0 Å². The van der Waals surface area contributed by atoms with E-state index in [4.69, 9.17) is 8.85 Å². The van der Waals surface area contributed by atoms with E-state index in [2.05, 4.69) is 32.8 Å². The van der Waals surface area contributed by atoms with Gasteiger partial charge in [0, 0.05) is 32.9 Å². The van der Waals surface area contributed by atoms with Crippen LogP contribution in [0.2, 0.25) is 38.3 Å². The maximum atomic E-state index is 12.3. The predicted octanol–water partition coefficient (Wildman–Crippen LogP) is 3.87. The van der Waals surface area contributed by atoms with E-state index in [-0.39, 0.29) is 5.91 Å². The summed E-state index contributed by atoms with van der Waals surface area (Å²) in [5.74, 6) is 0.0776. The molecule has 0 spiro atoms. The van der Waals surface area contributed by atoms with Crippen LogP contribution in [-0.2, 0) is 13.6 Å². The topological polar surface area (TPSA) is 38.8 Å². The van der Waals surface area contributed by atoms with Gasteiger partial charge in [-0.05, 0) is 58.0 Å². The Morgan fingerprint density at radius 1 is 0.955 bits per heavy atom. The lowest BCUT2D eigenvalue weighted by Gasteiger charge is -2.27. The highest BCUT2D eigenvalue weighted by atomic mass is 28.4. The van der Waals surface area contributed by atoms with E-state index in [1.165, 1.54) is 0 Å². The standard InChI is InChI=1S/C16H35NO3Si2/c1-15(2)16(18)17(11-9-13-21(5,6)19-3)12-10-14-22(7,8)20-4/h1,9-14H2,2-8H3. The van der Waals surface area contributed by atoms with E-state index >= 15 is 0 Å². The van der Waals surface area contributed by atoms with Crippen LogP contribution in [-0.4, -0.2) is 54.8 Å². The molecule has 0 aliphatic rings. The third-order valence-electron chi connectivity index (χ3n) is 4.17. The lowest BCUT2D eigenvalue weighted by Crippen LogP contribution is -2.37. The summed E-state index contributed by atoms with van der Waals surface area (Å²) < 4.78 is 11.1.